The molecule has 0 unspecified atom stereocenters. The molecular weight excluding hydrogens is 410 g/mol. The van der Waals surface area contributed by atoms with Crippen molar-refractivity contribution < 1.29 is 19.1 Å². The molecular formula is C22H24ClNO4S. The van der Waals surface area contributed by atoms with Crippen molar-refractivity contribution in [2.24, 2.45) is 5.41 Å². The van der Waals surface area contributed by atoms with Gasteiger partial charge in [0.15, 0.2) is 5.78 Å². The molecule has 1 saturated heterocycles. The van der Waals surface area contributed by atoms with Crippen molar-refractivity contribution >= 4 is 40.6 Å². The summed E-state index contributed by atoms with van der Waals surface area (Å²) >= 11 is 7.32. The van der Waals surface area contributed by atoms with Gasteiger partial charge in [0.1, 0.15) is 0 Å². The van der Waals surface area contributed by atoms with E-state index in [2.05, 4.69) is 0 Å². The number of benzene rings is 1. The molecule has 0 radical (unpaired) electrons. The molecule has 0 aliphatic carbocycles. The molecule has 1 fully saturated rings. The van der Waals surface area contributed by atoms with E-state index in [-0.39, 0.29) is 30.8 Å². The molecule has 5 nitrogen and oxygen atoms in total. The molecule has 0 saturated carbocycles. The van der Waals surface area contributed by atoms with E-state index in [9.17, 15) is 14.4 Å². The van der Waals surface area contributed by atoms with Gasteiger partial charge < -0.3 is 9.64 Å². The zero-order chi connectivity index (χ0) is 21.0. The Kier molecular flexibility index (Phi) is 6.75. The number of thiophene rings is 1. The minimum atomic E-state index is -0.810. The highest BCUT2D eigenvalue weighted by molar-refractivity contribution is 7.15. The van der Waals surface area contributed by atoms with Crippen LogP contribution in [-0.2, 0) is 16.0 Å². The lowest BCUT2D eigenvalue weighted by Gasteiger charge is -2.41. The van der Waals surface area contributed by atoms with Gasteiger partial charge in [0, 0.05) is 18.1 Å². The molecule has 0 spiro atoms. The Hall–Kier alpha value is -2.18. The topological polar surface area (TPSA) is 63.7 Å². The van der Waals surface area contributed by atoms with Gasteiger partial charge in [-0.15, -0.1) is 11.3 Å². The monoisotopic (exact) mass is 433 g/mol. The first kappa shape index (κ1) is 21.5. The number of esters is 1. The van der Waals surface area contributed by atoms with E-state index in [0.29, 0.717) is 40.6 Å². The van der Waals surface area contributed by atoms with Gasteiger partial charge >= 0.3 is 5.97 Å². The molecule has 29 heavy (non-hydrogen) atoms. The maximum absolute atomic E-state index is 13.1. The van der Waals surface area contributed by atoms with E-state index in [1.807, 2.05) is 18.2 Å². The van der Waals surface area contributed by atoms with Crippen molar-refractivity contribution in [1.82, 2.24) is 4.90 Å². The predicted octanol–water partition coefficient (Wildman–Crippen LogP) is 4.63. The van der Waals surface area contributed by atoms with Crippen LogP contribution in [0.4, 0.5) is 0 Å². The van der Waals surface area contributed by atoms with Gasteiger partial charge in [-0.05, 0) is 62.9 Å². The van der Waals surface area contributed by atoms with Gasteiger partial charge in [0.2, 0.25) is 0 Å². The second-order valence-electron chi connectivity index (χ2n) is 7.36. The highest BCUT2D eigenvalue weighted by Crippen LogP contribution is 2.37. The average molecular weight is 434 g/mol. The molecule has 1 aromatic carbocycles. The maximum Gasteiger partial charge on any atom is 0.314 e. The standard InChI is InChI=1S/C22H24ClNO4S/c1-3-28-21(27)22(13-16-6-4-7-17(23)12-16)10-5-11-24(14-22)20(26)19-9-8-18(29-19)15(2)25/h4,6-9,12H,3,5,10-11,13-14H2,1-2H3/t22-/m1/s1. The first-order valence-corrected chi connectivity index (χ1v) is 10.9. The zero-order valence-corrected chi connectivity index (χ0v) is 18.1. The Morgan fingerprint density at radius 1 is 1.21 bits per heavy atom. The van der Waals surface area contributed by atoms with Crippen LogP contribution in [0, 0.1) is 5.41 Å². The summed E-state index contributed by atoms with van der Waals surface area (Å²) in [4.78, 5) is 40.4. The fourth-order valence-electron chi connectivity index (χ4n) is 3.81. The highest BCUT2D eigenvalue weighted by Gasteiger charge is 2.45. The number of carbonyl (C=O) groups excluding carboxylic acids is 3. The van der Waals surface area contributed by atoms with Crippen molar-refractivity contribution in [3.05, 3.63) is 56.7 Å². The van der Waals surface area contributed by atoms with Crippen molar-refractivity contribution in [3.63, 3.8) is 0 Å². The van der Waals surface area contributed by atoms with Gasteiger partial charge in [-0.25, -0.2) is 0 Å². The second kappa shape index (κ2) is 9.09. The summed E-state index contributed by atoms with van der Waals surface area (Å²) in [6, 6.07) is 10.8. The Bertz CT molecular complexity index is 925. The third kappa shape index (κ3) is 4.87. The summed E-state index contributed by atoms with van der Waals surface area (Å²) in [5.41, 5.74) is 0.129. The van der Waals surface area contributed by atoms with Crippen molar-refractivity contribution in [2.45, 2.75) is 33.1 Å². The second-order valence-corrected chi connectivity index (χ2v) is 8.88. The minimum Gasteiger partial charge on any atom is -0.466 e. The number of ether oxygens (including phenoxy) is 1. The van der Waals surface area contributed by atoms with Gasteiger partial charge in [-0.2, -0.15) is 0 Å². The first-order valence-electron chi connectivity index (χ1n) is 9.66. The fourth-order valence-corrected chi connectivity index (χ4v) is 4.89. The van der Waals surface area contributed by atoms with Crippen LogP contribution in [0.3, 0.4) is 0 Å². The predicted molar refractivity (Wildman–Crippen MR) is 114 cm³/mol. The number of rotatable bonds is 6. The van der Waals surface area contributed by atoms with Crippen molar-refractivity contribution in [3.8, 4) is 0 Å². The average Bonchev–Trinajstić information content (AvgIpc) is 3.18. The van der Waals surface area contributed by atoms with Crippen molar-refractivity contribution in [2.75, 3.05) is 19.7 Å². The molecule has 1 aliphatic heterocycles. The summed E-state index contributed by atoms with van der Waals surface area (Å²) in [6.45, 7) is 4.41. The fraction of sp³-hybridized carbons (Fsp3) is 0.409. The number of Topliss-reactive ketones (excluding diaryl/α,β-unsaturated/α-hetero) is 1. The van der Waals surface area contributed by atoms with Crippen LogP contribution in [0.1, 0.15) is 51.6 Å². The van der Waals surface area contributed by atoms with E-state index < -0.39 is 5.41 Å². The van der Waals surface area contributed by atoms with E-state index in [0.717, 1.165) is 5.56 Å². The molecule has 1 aliphatic rings. The van der Waals surface area contributed by atoms with Crippen LogP contribution in [0.15, 0.2) is 36.4 Å². The number of carbonyl (C=O) groups is 3. The first-order chi connectivity index (χ1) is 13.8. The molecule has 1 atom stereocenters. The van der Waals surface area contributed by atoms with Crippen LogP contribution in [-0.4, -0.2) is 42.3 Å². The quantitative estimate of drug-likeness (QED) is 0.492. The minimum absolute atomic E-state index is 0.0606. The molecule has 1 aromatic heterocycles. The summed E-state index contributed by atoms with van der Waals surface area (Å²) in [5, 5.41) is 0.612. The summed E-state index contributed by atoms with van der Waals surface area (Å²) in [6.07, 6.45) is 1.81. The lowest BCUT2D eigenvalue weighted by molar-refractivity contribution is -0.158. The van der Waals surface area contributed by atoms with Gasteiger partial charge in [0.25, 0.3) is 5.91 Å². The Morgan fingerprint density at radius 3 is 2.62 bits per heavy atom. The molecule has 2 aromatic rings. The molecule has 0 N–H and O–H groups in total. The summed E-state index contributed by atoms with van der Waals surface area (Å²) in [7, 11) is 0. The Morgan fingerprint density at radius 2 is 1.97 bits per heavy atom. The normalized spacial score (nSPS) is 19.1. The number of piperidine rings is 1. The molecule has 7 heteroatoms. The number of ketones is 1. The number of likely N-dealkylation sites (tertiary alicyclic amines) is 1. The summed E-state index contributed by atoms with van der Waals surface area (Å²) in [5.74, 6) is -0.496. The molecule has 2 heterocycles. The smallest absolute Gasteiger partial charge is 0.314 e. The molecule has 1 amide bonds. The third-order valence-corrected chi connectivity index (χ3v) is 6.58. The van der Waals surface area contributed by atoms with E-state index in [1.54, 1.807) is 30.0 Å². The van der Waals surface area contributed by atoms with E-state index in [4.69, 9.17) is 16.3 Å². The lowest BCUT2D eigenvalue weighted by Crippen LogP contribution is -2.51. The summed E-state index contributed by atoms with van der Waals surface area (Å²) < 4.78 is 5.40. The van der Waals surface area contributed by atoms with Crippen LogP contribution in [0.2, 0.25) is 5.02 Å². The van der Waals surface area contributed by atoms with Crippen LogP contribution in [0.5, 0.6) is 0 Å². The maximum atomic E-state index is 13.1. The van der Waals surface area contributed by atoms with Gasteiger partial charge in [-0.1, -0.05) is 23.7 Å². The molecule has 3 rings (SSSR count). The number of hydrogen-bond acceptors (Lipinski definition) is 5. The number of amides is 1. The van der Waals surface area contributed by atoms with E-state index in [1.165, 1.54) is 18.3 Å². The highest BCUT2D eigenvalue weighted by atomic mass is 35.5. The van der Waals surface area contributed by atoms with Crippen LogP contribution in [0.25, 0.3) is 0 Å². The third-order valence-electron chi connectivity index (χ3n) is 5.17. The largest absolute Gasteiger partial charge is 0.466 e. The zero-order valence-electron chi connectivity index (χ0n) is 16.6. The van der Waals surface area contributed by atoms with Crippen molar-refractivity contribution in [1.29, 1.82) is 0 Å². The number of nitrogens with zero attached hydrogens (tertiary/aromatic N) is 1. The van der Waals surface area contributed by atoms with Crippen LogP contribution < -0.4 is 0 Å². The van der Waals surface area contributed by atoms with Gasteiger partial charge in [0.05, 0.1) is 21.8 Å². The molecule has 0 bridgehead atoms. The Labute approximate surface area is 179 Å². The molecule has 154 valence electrons. The number of hydrogen-bond donors (Lipinski definition) is 0. The lowest BCUT2D eigenvalue weighted by atomic mass is 9.75. The SMILES string of the molecule is CCOC(=O)[C@@]1(Cc2cccc(Cl)c2)CCCN(C(=O)c2ccc(C(C)=O)s2)C1. The number of halogens is 1. The van der Waals surface area contributed by atoms with Crippen LogP contribution >= 0.6 is 22.9 Å². The van der Waals surface area contributed by atoms with Gasteiger partial charge in [-0.3, -0.25) is 14.4 Å². The van der Waals surface area contributed by atoms with E-state index >= 15 is 0 Å². The Balaban J connectivity index is 1.87.